The molecule has 0 aliphatic carbocycles. The molecule has 0 N–H and O–H groups in total. The first-order valence-electron chi connectivity index (χ1n) is 10.3. The molecule has 2 aromatic carbocycles. The Morgan fingerprint density at radius 2 is 1.68 bits per heavy atom. The number of sulfonamides is 1. The quantitative estimate of drug-likeness (QED) is 0.603. The summed E-state index contributed by atoms with van der Waals surface area (Å²) in [5.74, 6) is 1.22. The molecule has 0 unspecified atom stereocenters. The fourth-order valence-corrected chi connectivity index (χ4v) is 6.02. The number of ether oxygens (including phenoxy) is 2. The maximum absolute atomic E-state index is 13.0. The van der Waals surface area contributed by atoms with Crippen LogP contribution in [0.1, 0.15) is 18.4 Å². The lowest BCUT2D eigenvalue weighted by atomic mass is 10.1. The van der Waals surface area contributed by atoms with Crippen LogP contribution in [0.3, 0.4) is 0 Å². The van der Waals surface area contributed by atoms with Crippen molar-refractivity contribution in [1.82, 2.24) is 14.5 Å². The molecule has 0 spiro atoms. The Morgan fingerprint density at radius 3 is 2.42 bits per heavy atom. The van der Waals surface area contributed by atoms with Gasteiger partial charge in [0.1, 0.15) is 0 Å². The third-order valence-corrected chi connectivity index (χ3v) is 7.96. The first-order chi connectivity index (χ1) is 15.0. The van der Waals surface area contributed by atoms with Crippen molar-refractivity contribution in [1.29, 1.82) is 0 Å². The number of anilines is 2. The third-order valence-electron chi connectivity index (χ3n) is 6.06. The van der Waals surface area contributed by atoms with E-state index < -0.39 is 10.0 Å². The summed E-state index contributed by atoms with van der Waals surface area (Å²) in [6, 6.07) is 9.16. The minimum absolute atomic E-state index is 0.374. The largest absolute Gasteiger partial charge is 0.493 e. The third kappa shape index (κ3) is 3.28. The molecule has 1 aromatic heterocycles. The van der Waals surface area contributed by atoms with Gasteiger partial charge in [-0.3, -0.25) is 0 Å². The molecule has 2 aliphatic rings. The summed E-state index contributed by atoms with van der Waals surface area (Å²) in [6.45, 7) is 1.94. The first-order valence-corrected chi connectivity index (χ1v) is 11.7. The van der Waals surface area contributed by atoms with Crippen molar-refractivity contribution in [3.8, 4) is 11.5 Å². The summed E-state index contributed by atoms with van der Waals surface area (Å²) in [5.41, 5.74) is 3.62. The van der Waals surface area contributed by atoms with Gasteiger partial charge in [-0.2, -0.15) is 14.5 Å². The molecule has 0 saturated carbocycles. The van der Waals surface area contributed by atoms with Crippen LogP contribution < -0.4 is 14.4 Å². The number of methoxy groups -OCH3 is 2. The highest BCUT2D eigenvalue weighted by molar-refractivity contribution is 7.89. The van der Waals surface area contributed by atoms with Gasteiger partial charge in [0.15, 0.2) is 11.5 Å². The molecule has 3 heterocycles. The Bertz CT molecular complexity index is 1260. The monoisotopic (exact) mass is 440 g/mol. The van der Waals surface area contributed by atoms with E-state index in [0.717, 1.165) is 48.1 Å². The average Bonchev–Trinajstić information content (AvgIpc) is 3.48. The molecule has 1 fully saturated rings. The van der Waals surface area contributed by atoms with Gasteiger partial charge in [-0.25, -0.2) is 8.42 Å². The van der Waals surface area contributed by atoms with E-state index in [1.807, 2.05) is 24.3 Å². The van der Waals surface area contributed by atoms with Crippen molar-refractivity contribution in [3.63, 3.8) is 0 Å². The zero-order valence-corrected chi connectivity index (χ0v) is 18.4. The summed E-state index contributed by atoms with van der Waals surface area (Å²) in [4.78, 5) is 2.53. The lowest BCUT2D eigenvalue weighted by Crippen LogP contribution is -2.27. The highest BCUT2D eigenvalue weighted by atomic mass is 32.2. The zero-order valence-electron chi connectivity index (χ0n) is 17.5. The van der Waals surface area contributed by atoms with Gasteiger partial charge in [0.25, 0.3) is 0 Å². The SMILES string of the molecule is COc1cc2nncc(N3CCc4cc(S(=O)(=O)N5CCCC5)ccc43)c2cc1OC. The Labute approximate surface area is 181 Å². The number of hydrogen-bond acceptors (Lipinski definition) is 7. The van der Waals surface area contributed by atoms with Gasteiger partial charge < -0.3 is 14.4 Å². The molecule has 0 bridgehead atoms. The molecular weight excluding hydrogens is 416 g/mol. The van der Waals surface area contributed by atoms with Gasteiger partial charge >= 0.3 is 0 Å². The first kappa shape index (κ1) is 20.0. The van der Waals surface area contributed by atoms with E-state index in [1.54, 1.807) is 30.8 Å². The topological polar surface area (TPSA) is 84.9 Å². The smallest absolute Gasteiger partial charge is 0.243 e. The molecule has 3 aromatic rings. The number of benzene rings is 2. The number of fused-ring (bicyclic) bond motifs is 2. The standard InChI is InChI=1S/C22H24N4O4S/c1-29-21-12-17-18(13-22(21)30-2)24-23-14-20(17)26-10-7-15-11-16(5-6-19(15)26)31(27,28)25-8-3-4-9-25/h5-6,11-14H,3-4,7-10H2,1-2H3. The minimum Gasteiger partial charge on any atom is -0.493 e. The van der Waals surface area contributed by atoms with E-state index in [1.165, 1.54) is 0 Å². The normalized spacial score (nSPS) is 16.6. The number of aromatic nitrogens is 2. The number of rotatable bonds is 5. The second-order valence-electron chi connectivity index (χ2n) is 7.76. The van der Waals surface area contributed by atoms with E-state index in [4.69, 9.17) is 9.47 Å². The molecule has 0 radical (unpaired) electrons. The van der Waals surface area contributed by atoms with Crippen LogP contribution >= 0.6 is 0 Å². The average molecular weight is 441 g/mol. The zero-order chi connectivity index (χ0) is 21.6. The van der Waals surface area contributed by atoms with Crippen LogP contribution in [0.4, 0.5) is 11.4 Å². The Balaban J connectivity index is 1.56. The number of nitrogens with zero attached hydrogens (tertiary/aromatic N) is 4. The minimum atomic E-state index is -3.43. The van der Waals surface area contributed by atoms with Crippen LogP contribution in [-0.2, 0) is 16.4 Å². The maximum Gasteiger partial charge on any atom is 0.243 e. The summed E-state index contributed by atoms with van der Waals surface area (Å²) in [5, 5.41) is 9.32. The molecule has 1 saturated heterocycles. The summed E-state index contributed by atoms with van der Waals surface area (Å²) < 4.78 is 38.4. The van der Waals surface area contributed by atoms with E-state index >= 15 is 0 Å². The summed E-state index contributed by atoms with van der Waals surface area (Å²) >= 11 is 0. The Kier molecular flexibility index (Phi) is 4.94. The highest BCUT2D eigenvalue weighted by Crippen LogP contribution is 2.41. The van der Waals surface area contributed by atoms with E-state index in [2.05, 4.69) is 15.1 Å². The maximum atomic E-state index is 13.0. The van der Waals surface area contributed by atoms with Crippen LogP contribution in [0.2, 0.25) is 0 Å². The fourth-order valence-electron chi connectivity index (χ4n) is 4.45. The number of hydrogen-bond donors (Lipinski definition) is 0. The molecule has 5 rings (SSSR count). The van der Waals surface area contributed by atoms with Crippen LogP contribution in [0, 0.1) is 0 Å². The van der Waals surface area contributed by atoms with Crippen molar-refractivity contribution in [2.24, 2.45) is 0 Å². The van der Waals surface area contributed by atoms with Crippen LogP contribution in [-0.4, -0.2) is 56.8 Å². The Hall–Kier alpha value is -2.91. The molecule has 0 atom stereocenters. The fraction of sp³-hybridized carbons (Fsp3) is 0.364. The second kappa shape index (κ2) is 7.65. The van der Waals surface area contributed by atoms with E-state index in [9.17, 15) is 8.42 Å². The molecule has 8 nitrogen and oxygen atoms in total. The van der Waals surface area contributed by atoms with Gasteiger partial charge in [-0.05, 0) is 49.1 Å². The molecular formula is C22H24N4O4S. The van der Waals surface area contributed by atoms with Gasteiger partial charge in [0, 0.05) is 36.8 Å². The lowest BCUT2D eigenvalue weighted by Gasteiger charge is -2.22. The van der Waals surface area contributed by atoms with E-state index in [0.29, 0.717) is 35.0 Å². The Morgan fingerprint density at radius 1 is 0.935 bits per heavy atom. The van der Waals surface area contributed by atoms with E-state index in [-0.39, 0.29) is 0 Å². The molecule has 162 valence electrons. The van der Waals surface area contributed by atoms with Gasteiger partial charge in [0.2, 0.25) is 10.0 Å². The second-order valence-corrected chi connectivity index (χ2v) is 9.70. The van der Waals surface area contributed by atoms with Gasteiger partial charge in [-0.15, -0.1) is 0 Å². The van der Waals surface area contributed by atoms with Crippen molar-refractivity contribution in [2.75, 3.05) is 38.8 Å². The lowest BCUT2D eigenvalue weighted by molar-refractivity contribution is 0.355. The summed E-state index contributed by atoms with van der Waals surface area (Å²) in [6.07, 6.45) is 4.34. The van der Waals surface area contributed by atoms with Crippen molar-refractivity contribution < 1.29 is 17.9 Å². The molecule has 9 heteroatoms. The van der Waals surface area contributed by atoms with Gasteiger partial charge in [-0.1, -0.05) is 0 Å². The molecule has 31 heavy (non-hydrogen) atoms. The summed E-state index contributed by atoms with van der Waals surface area (Å²) in [7, 11) is -0.240. The van der Waals surface area contributed by atoms with Crippen molar-refractivity contribution >= 4 is 32.3 Å². The van der Waals surface area contributed by atoms with Crippen LogP contribution in [0.15, 0.2) is 41.4 Å². The predicted octanol–water partition coefficient (Wildman–Crippen LogP) is 3.13. The van der Waals surface area contributed by atoms with Gasteiger partial charge in [0.05, 0.1) is 36.5 Å². The van der Waals surface area contributed by atoms with Crippen molar-refractivity contribution in [2.45, 2.75) is 24.2 Å². The van der Waals surface area contributed by atoms with Crippen LogP contribution in [0.25, 0.3) is 10.9 Å². The van der Waals surface area contributed by atoms with Crippen molar-refractivity contribution in [3.05, 3.63) is 42.1 Å². The molecule has 2 aliphatic heterocycles. The highest BCUT2D eigenvalue weighted by Gasteiger charge is 2.30. The molecule has 0 amide bonds. The van der Waals surface area contributed by atoms with Crippen LogP contribution in [0.5, 0.6) is 11.5 Å². The predicted molar refractivity (Wildman–Crippen MR) is 118 cm³/mol.